The number of halogens is 1. The van der Waals surface area contributed by atoms with E-state index in [1.165, 1.54) is 12.0 Å². The van der Waals surface area contributed by atoms with E-state index in [-0.39, 0.29) is 12.1 Å². The predicted octanol–water partition coefficient (Wildman–Crippen LogP) is 8.08. The summed E-state index contributed by atoms with van der Waals surface area (Å²) in [5, 5.41) is 8.85. The summed E-state index contributed by atoms with van der Waals surface area (Å²) in [4.78, 5) is 18.5. The largest absolute Gasteiger partial charge is 0.489 e. The maximum Gasteiger partial charge on any atom is 0.338 e. The van der Waals surface area contributed by atoms with E-state index in [4.69, 9.17) is 19.6 Å². The normalized spacial score (nSPS) is 17.0. The average molecular weight is 646 g/mol. The Morgan fingerprint density at radius 1 is 0.976 bits per heavy atom. The Morgan fingerprint density at radius 3 is 2.45 bits per heavy atom. The van der Waals surface area contributed by atoms with E-state index >= 15 is 0 Å². The highest BCUT2D eigenvalue weighted by atomic mass is 79.9. The number of carbonyl (C=O) groups excluding carboxylic acids is 1. The number of ether oxygens (including phenoxy) is 2. The average Bonchev–Trinajstić information content (AvgIpc) is 3.43. The number of fused-ring (bicyclic) bond motifs is 1. The summed E-state index contributed by atoms with van der Waals surface area (Å²) in [6.07, 6.45) is 5.16. The third-order valence-corrected chi connectivity index (χ3v) is 9.04. The van der Waals surface area contributed by atoms with E-state index in [9.17, 15) is 4.79 Å². The number of nitrogens with zero attached hydrogens (tertiary/aromatic N) is 3. The van der Waals surface area contributed by atoms with Crippen molar-refractivity contribution in [3.8, 4) is 5.75 Å². The zero-order valence-electron chi connectivity index (χ0n) is 23.5. The Kier molecular flexibility index (Phi) is 8.95. The van der Waals surface area contributed by atoms with Crippen LogP contribution in [0.1, 0.15) is 61.8 Å². The number of rotatable bonds is 9. The van der Waals surface area contributed by atoms with Gasteiger partial charge in [0.1, 0.15) is 24.5 Å². The number of esters is 1. The third-order valence-electron chi connectivity index (χ3n) is 7.60. The molecule has 6 rings (SSSR count). The van der Waals surface area contributed by atoms with Gasteiger partial charge in [-0.25, -0.2) is 9.48 Å². The Labute approximate surface area is 258 Å². The van der Waals surface area contributed by atoms with Crippen LogP contribution < -0.4 is 10.1 Å². The van der Waals surface area contributed by atoms with E-state index in [2.05, 4.69) is 33.4 Å². The summed E-state index contributed by atoms with van der Waals surface area (Å²) >= 11 is 5.04. The maximum atomic E-state index is 13.7. The van der Waals surface area contributed by atoms with Crippen LogP contribution in [0.4, 0.5) is 5.95 Å². The zero-order chi connectivity index (χ0) is 28.9. The molecule has 1 fully saturated rings. The van der Waals surface area contributed by atoms with Crippen LogP contribution in [0.15, 0.2) is 99.8 Å². The van der Waals surface area contributed by atoms with Crippen LogP contribution in [0.3, 0.4) is 0 Å². The number of nitrogens with one attached hydrogen (secondary N) is 1. The number of hydrogen-bond acceptors (Lipinski definition) is 7. The van der Waals surface area contributed by atoms with Gasteiger partial charge in [0.2, 0.25) is 11.1 Å². The number of aromatic nitrogens is 3. The fourth-order valence-corrected chi connectivity index (χ4v) is 6.43. The minimum absolute atomic E-state index is 0.0456. The number of allylic oxidation sites excluding steroid dienone is 1. The van der Waals surface area contributed by atoms with E-state index < -0.39 is 6.04 Å². The molecule has 0 amide bonds. The smallest absolute Gasteiger partial charge is 0.338 e. The van der Waals surface area contributed by atoms with Crippen molar-refractivity contribution in [3.05, 3.63) is 111 Å². The lowest BCUT2D eigenvalue weighted by molar-refractivity contribution is -0.146. The predicted molar refractivity (Wildman–Crippen MR) is 168 cm³/mol. The van der Waals surface area contributed by atoms with Gasteiger partial charge in [-0.15, -0.1) is 5.10 Å². The summed E-state index contributed by atoms with van der Waals surface area (Å²) in [5.74, 6) is 1.81. The molecule has 4 aromatic rings. The van der Waals surface area contributed by atoms with Crippen LogP contribution in [0.25, 0.3) is 0 Å². The molecule has 0 saturated heterocycles. The molecular formula is C33H33BrN4O3S. The van der Waals surface area contributed by atoms with Gasteiger partial charge in [-0.3, -0.25) is 0 Å². The van der Waals surface area contributed by atoms with Crippen molar-refractivity contribution in [2.45, 2.75) is 68.7 Å². The number of benzene rings is 3. The van der Waals surface area contributed by atoms with Crippen molar-refractivity contribution < 1.29 is 14.3 Å². The number of anilines is 1. The Bertz CT molecular complexity index is 1550. The van der Waals surface area contributed by atoms with Gasteiger partial charge >= 0.3 is 5.97 Å². The lowest BCUT2D eigenvalue weighted by Crippen LogP contribution is -2.32. The molecule has 2 aliphatic rings. The van der Waals surface area contributed by atoms with Gasteiger partial charge in [-0.1, -0.05) is 88.7 Å². The molecule has 1 N–H and O–H groups in total. The Hall–Kier alpha value is -3.56. The van der Waals surface area contributed by atoms with Crippen molar-refractivity contribution in [2.75, 3.05) is 5.32 Å². The highest BCUT2D eigenvalue weighted by Gasteiger charge is 2.36. The SMILES string of the molecule is CC1=C(C(=O)OC2CCCCC2)C(c2ccc(OCc3ccc(Br)cc3)cc2)n2nc(SCc3ccccc3)nc2N1. The maximum absolute atomic E-state index is 13.7. The second-order valence-corrected chi connectivity index (χ2v) is 12.5. The van der Waals surface area contributed by atoms with Crippen molar-refractivity contribution >= 4 is 39.6 Å². The first kappa shape index (κ1) is 28.6. The van der Waals surface area contributed by atoms with Crippen LogP contribution >= 0.6 is 27.7 Å². The third kappa shape index (κ3) is 6.73. The van der Waals surface area contributed by atoms with Crippen LogP contribution in [-0.2, 0) is 21.9 Å². The number of carbonyl (C=O) groups is 1. The molecule has 2 heterocycles. The molecule has 9 heteroatoms. The molecule has 0 bridgehead atoms. The van der Waals surface area contributed by atoms with Crippen LogP contribution in [0.5, 0.6) is 5.75 Å². The first-order valence-electron chi connectivity index (χ1n) is 14.3. The molecule has 42 heavy (non-hydrogen) atoms. The van der Waals surface area contributed by atoms with Crippen LogP contribution in [0, 0.1) is 0 Å². The first-order chi connectivity index (χ1) is 20.5. The molecule has 1 aliphatic heterocycles. The number of hydrogen-bond donors (Lipinski definition) is 1. The van der Waals surface area contributed by atoms with E-state index in [1.807, 2.05) is 78.3 Å². The van der Waals surface area contributed by atoms with E-state index in [0.29, 0.717) is 23.3 Å². The van der Waals surface area contributed by atoms with Gasteiger partial charge in [-0.05, 0) is 73.6 Å². The topological polar surface area (TPSA) is 78.3 Å². The number of thioether (sulfide) groups is 1. The van der Waals surface area contributed by atoms with Gasteiger partial charge in [0.05, 0.1) is 5.57 Å². The van der Waals surface area contributed by atoms with Gasteiger partial charge in [-0.2, -0.15) is 4.98 Å². The lowest BCUT2D eigenvalue weighted by Gasteiger charge is -2.30. The fraction of sp³-hybridized carbons (Fsp3) is 0.303. The zero-order valence-corrected chi connectivity index (χ0v) is 25.9. The summed E-state index contributed by atoms with van der Waals surface area (Å²) < 4.78 is 15.0. The minimum Gasteiger partial charge on any atom is -0.489 e. The highest BCUT2D eigenvalue weighted by molar-refractivity contribution is 9.10. The van der Waals surface area contributed by atoms with Crippen LogP contribution in [-0.4, -0.2) is 26.8 Å². The summed E-state index contributed by atoms with van der Waals surface area (Å²) in [6, 6.07) is 25.7. The molecule has 0 radical (unpaired) electrons. The van der Waals surface area contributed by atoms with Crippen LogP contribution in [0.2, 0.25) is 0 Å². The molecule has 1 aliphatic carbocycles. The van der Waals surface area contributed by atoms with Gasteiger partial charge in [0.15, 0.2) is 0 Å². The molecule has 1 atom stereocenters. The molecular weight excluding hydrogens is 612 g/mol. The van der Waals surface area contributed by atoms with E-state index in [1.54, 1.807) is 11.8 Å². The lowest BCUT2D eigenvalue weighted by atomic mass is 9.95. The minimum atomic E-state index is -0.476. The molecule has 1 unspecified atom stereocenters. The second kappa shape index (κ2) is 13.2. The van der Waals surface area contributed by atoms with Gasteiger partial charge in [0.25, 0.3) is 0 Å². The molecule has 0 spiro atoms. The van der Waals surface area contributed by atoms with Gasteiger partial charge < -0.3 is 14.8 Å². The second-order valence-electron chi connectivity index (χ2n) is 10.7. The Morgan fingerprint density at radius 2 is 1.71 bits per heavy atom. The Balaban J connectivity index is 1.26. The molecule has 3 aromatic carbocycles. The molecule has 1 saturated carbocycles. The highest BCUT2D eigenvalue weighted by Crippen LogP contribution is 2.38. The molecule has 1 aromatic heterocycles. The van der Waals surface area contributed by atoms with Gasteiger partial charge in [0, 0.05) is 15.9 Å². The van der Waals surface area contributed by atoms with Crippen molar-refractivity contribution in [3.63, 3.8) is 0 Å². The summed E-state index contributed by atoms with van der Waals surface area (Å²) in [6.45, 7) is 2.38. The monoisotopic (exact) mass is 644 g/mol. The van der Waals surface area contributed by atoms with Crippen molar-refractivity contribution in [1.29, 1.82) is 0 Å². The van der Waals surface area contributed by atoms with Crippen molar-refractivity contribution in [2.24, 2.45) is 0 Å². The fourth-order valence-electron chi connectivity index (χ4n) is 5.38. The summed E-state index contributed by atoms with van der Waals surface area (Å²) in [7, 11) is 0. The first-order valence-corrected chi connectivity index (χ1v) is 16.1. The standard InChI is InChI=1S/C33H33BrN4O3S/c1-22-29(31(39)41-28-10-6-3-7-11-28)30(25-14-18-27(19-15-25)40-20-23-12-16-26(34)17-13-23)38-32(35-22)36-33(37-38)42-21-24-8-4-2-5-9-24/h2,4-5,8-9,12-19,28,30H,3,6-7,10-11,20-21H2,1H3,(H,35,36,37). The van der Waals surface area contributed by atoms with E-state index in [0.717, 1.165) is 58.5 Å². The quantitative estimate of drug-likeness (QED) is 0.146. The summed E-state index contributed by atoms with van der Waals surface area (Å²) in [5.41, 5.74) is 4.48. The van der Waals surface area contributed by atoms with Crippen molar-refractivity contribution in [1.82, 2.24) is 14.8 Å². The molecule has 7 nitrogen and oxygen atoms in total. The molecule has 216 valence electrons.